The van der Waals surface area contributed by atoms with E-state index in [0.717, 1.165) is 3.63 Å². The van der Waals surface area contributed by atoms with Crippen LogP contribution in [0.25, 0.3) is 6.08 Å². The third-order valence-corrected chi connectivity index (χ3v) is 24.1. The van der Waals surface area contributed by atoms with Gasteiger partial charge in [0.05, 0.1) is 0 Å². The second kappa shape index (κ2) is 9.33. The minimum atomic E-state index is -1.79. The molecule has 1 atom stereocenters. The second-order valence-corrected chi connectivity index (χ2v) is 21.9. The molecule has 0 spiro atoms. The van der Waals surface area contributed by atoms with Crippen LogP contribution < -0.4 is 5.19 Å². The molecule has 0 N–H and O–H groups in total. The average molecular weight is 465 g/mol. The summed E-state index contributed by atoms with van der Waals surface area (Å²) in [5.74, 6) is 0. The van der Waals surface area contributed by atoms with Gasteiger partial charge >= 0.3 is 147 Å². The summed E-state index contributed by atoms with van der Waals surface area (Å²) in [4.78, 5) is 0. The first kappa shape index (κ1) is 20.6. The van der Waals surface area contributed by atoms with Gasteiger partial charge < -0.3 is 0 Å². The zero-order chi connectivity index (χ0) is 15.6. The van der Waals surface area contributed by atoms with E-state index < -0.39 is 25.8 Å². The monoisotopic (exact) mass is 462 g/mol. The Morgan fingerprint density at radius 3 is 2.40 bits per heavy atom. The molecule has 0 amide bonds. The van der Waals surface area contributed by atoms with Crippen LogP contribution in [0, 0.1) is 0 Å². The summed E-state index contributed by atoms with van der Waals surface area (Å²) in [5, 5.41) is 1.62. The summed E-state index contributed by atoms with van der Waals surface area (Å²) in [6.07, 6.45) is 13.2. The van der Waals surface area contributed by atoms with E-state index in [-0.39, 0.29) is 24.8 Å². The van der Waals surface area contributed by atoms with Gasteiger partial charge in [-0.15, -0.1) is 24.8 Å². The Kier molecular flexibility index (Phi) is 7.70. The first-order valence-corrected chi connectivity index (χ1v) is 16.6. The van der Waals surface area contributed by atoms with Gasteiger partial charge in [-0.1, -0.05) is 0 Å². The number of hydrogen-bond acceptors (Lipinski definition) is 0. The number of allylic oxidation sites excluding steroid dienone is 5. The van der Waals surface area contributed by atoms with Gasteiger partial charge in [-0.25, -0.2) is 0 Å². The van der Waals surface area contributed by atoms with E-state index in [1.54, 1.807) is 14.0 Å². The number of halogens is 2. The molecule has 0 aliphatic heterocycles. The minimum absolute atomic E-state index is 0. The van der Waals surface area contributed by atoms with E-state index in [1.807, 2.05) is 0 Å². The molecule has 0 saturated carbocycles. The Morgan fingerprint density at radius 2 is 1.68 bits per heavy atom. The van der Waals surface area contributed by atoms with E-state index in [0.29, 0.717) is 0 Å². The molecule has 4 heteroatoms. The first-order chi connectivity index (χ1) is 11.3. The molecule has 0 heterocycles. The molecule has 2 aromatic carbocycles. The second-order valence-electron chi connectivity index (χ2n) is 6.19. The molecule has 2 aliphatic rings. The fraction of sp³-hybridized carbons (Fsp3) is 0.143. The number of benzene rings is 2. The Labute approximate surface area is 170 Å². The standard InChI is InChI=1S/C9H7.C7H8Si.C5H5.2ClH.Zr/c1-2-5-9-7-3-6-8(9)4-1;1-8-7-5-3-2-4-6-7;1-2-4-5-3-1;;;/h1-7H;2-6H,1H3;1-3H,4H2;2*1H;. The Hall–Kier alpha value is -0.660. The summed E-state index contributed by atoms with van der Waals surface area (Å²) < 4.78 is 2.53. The topological polar surface area (TPSA) is 0 Å². The van der Waals surface area contributed by atoms with Gasteiger partial charge in [-0.3, -0.25) is 0 Å². The number of fused-ring (bicyclic) bond motifs is 1. The Balaban J connectivity index is 0.00000113. The summed E-state index contributed by atoms with van der Waals surface area (Å²) >= 11 is -1.79. The summed E-state index contributed by atoms with van der Waals surface area (Å²) in [7, 11) is 0. The van der Waals surface area contributed by atoms with Gasteiger partial charge in [0.1, 0.15) is 0 Å². The zero-order valence-electron chi connectivity index (χ0n) is 14.2. The third-order valence-electron chi connectivity index (χ3n) is 4.84. The Morgan fingerprint density at radius 1 is 0.960 bits per heavy atom. The van der Waals surface area contributed by atoms with Crippen molar-refractivity contribution in [2.24, 2.45) is 0 Å². The molecule has 25 heavy (non-hydrogen) atoms. The van der Waals surface area contributed by atoms with Crippen molar-refractivity contribution in [2.75, 3.05) is 0 Å². The average Bonchev–Trinajstić information content (AvgIpc) is 3.27. The van der Waals surface area contributed by atoms with E-state index >= 15 is 0 Å². The van der Waals surface area contributed by atoms with Crippen molar-refractivity contribution in [3.05, 3.63) is 93.3 Å². The molecule has 0 bridgehead atoms. The molecule has 1 unspecified atom stereocenters. The Bertz CT molecular complexity index is 866. The molecule has 128 valence electrons. The molecule has 2 aliphatic carbocycles. The molecule has 0 aromatic heterocycles. The maximum absolute atomic E-state index is 2.57. The molecule has 0 saturated heterocycles. The molecule has 0 fully saturated rings. The van der Waals surface area contributed by atoms with Crippen LogP contribution in [0.2, 0.25) is 6.55 Å². The van der Waals surface area contributed by atoms with Crippen LogP contribution in [0.1, 0.15) is 21.2 Å². The van der Waals surface area contributed by atoms with Gasteiger partial charge in [-0.05, 0) is 0 Å². The van der Waals surface area contributed by atoms with Gasteiger partial charge in [-0.2, -0.15) is 0 Å². The van der Waals surface area contributed by atoms with Crippen LogP contribution in [0.3, 0.4) is 0 Å². The molecule has 0 nitrogen and oxygen atoms in total. The molecule has 2 aromatic rings. The van der Waals surface area contributed by atoms with Crippen LogP contribution in [-0.2, 0) is 20.4 Å². The fourth-order valence-electron chi connectivity index (χ4n) is 3.67. The largest absolute Gasteiger partial charge is 0.147 e. The van der Waals surface area contributed by atoms with E-state index in [2.05, 4.69) is 91.5 Å². The molecule has 0 radical (unpaired) electrons. The summed E-state index contributed by atoms with van der Waals surface area (Å²) in [6, 6.07) is 20.3. The van der Waals surface area contributed by atoms with Crippen LogP contribution in [0.5, 0.6) is 0 Å². The van der Waals surface area contributed by atoms with Gasteiger partial charge in [0.2, 0.25) is 0 Å². The van der Waals surface area contributed by atoms with Crippen LogP contribution >= 0.6 is 24.8 Å². The third kappa shape index (κ3) is 4.19. The molecule has 4 rings (SSSR count). The summed E-state index contributed by atoms with van der Waals surface area (Å²) in [5.41, 5.74) is 2.57. The quantitative estimate of drug-likeness (QED) is 0.520. The van der Waals surface area contributed by atoms with Crippen molar-refractivity contribution in [1.82, 2.24) is 0 Å². The SMILES string of the molecule is C/[Si](c1ccccc1)=[Zr](/[C]1=CC=CC1)[CH]1C=Cc2ccccc21.Cl.Cl. The molecular formula is C21H22Cl2SiZr. The molecular weight excluding hydrogens is 442 g/mol. The van der Waals surface area contributed by atoms with Crippen molar-refractivity contribution in [3.63, 3.8) is 0 Å². The van der Waals surface area contributed by atoms with Crippen molar-refractivity contribution < 1.29 is 20.4 Å². The first-order valence-electron chi connectivity index (χ1n) is 8.24. The van der Waals surface area contributed by atoms with Crippen molar-refractivity contribution >= 4 is 41.5 Å². The van der Waals surface area contributed by atoms with Gasteiger partial charge in [0, 0.05) is 0 Å². The zero-order valence-corrected chi connectivity index (χ0v) is 19.3. The van der Waals surface area contributed by atoms with Crippen LogP contribution in [-0.4, -0.2) is 5.43 Å². The van der Waals surface area contributed by atoms with Crippen LogP contribution in [0.15, 0.2) is 82.2 Å². The van der Waals surface area contributed by atoms with Crippen molar-refractivity contribution in [3.8, 4) is 0 Å². The number of hydrogen-bond donors (Lipinski definition) is 0. The smallest absolute Gasteiger partial charge is 0.147 e. The predicted octanol–water partition coefficient (Wildman–Crippen LogP) is 5.59. The van der Waals surface area contributed by atoms with E-state index in [4.69, 9.17) is 0 Å². The normalized spacial score (nSPS) is 18.0. The van der Waals surface area contributed by atoms with E-state index in [1.165, 1.54) is 12.0 Å². The maximum Gasteiger partial charge on any atom is -0.147 e. The minimum Gasteiger partial charge on any atom is -0.147 e. The van der Waals surface area contributed by atoms with Gasteiger partial charge in [0.25, 0.3) is 0 Å². The summed E-state index contributed by atoms with van der Waals surface area (Å²) in [6.45, 7) is 2.57. The van der Waals surface area contributed by atoms with Gasteiger partial charge in [0.15, 0.2) is 0 Å². The number of rotatable bonds is 3. The maximum atomic E-state index is 2.57. The predicted molar refractivity (Wildman–Crippen MR) is 112 cm³/mol. The van der Waals surface area contributed by atoms with Crippen molar-refractivity contribution in [1.29, 1.82) is 0 Å². The van der Waals surface area contributed by atoms with Crippen LogP contribution in [0.4, 0.5) is 0 Å². The fourth-order valence-corrected chi connectivity index (χ4v) is 23.3. The van der Waals surface area contributed by atoms with Crippen molar-refractivity contribution in [2.45, 2.75) is 16.6 Å². The van der Waals surface area contributed by atoms with E-state index in [9.17, 15) is 0 Å².